The van der Waals surface area contributed by atoms with Crippen molar-refractivity contribution < 1.29 is 31.0 Å². The zero-order chi connectivity index (χ0) is 8.39. The molecular formula is C8H7N2NaS2. The van der Waals surface area contributed by atoms with Gasteiger partial charge in [-0.25, -0.2) is 0 Å². The minimum atomic E-state index is 0. The van der Waals surface area contributed by atoms with Gasteiger partial charge in [-0.05, 0) is 24.4 Å². The number of hydrogen-bond acceptors (Lipinski definition) is 3. The molecule has 0 unspecified atom stereocenters. The molecule has 0 saturated carbocycles. The summed E-state index contributed by atoms with van der Waals surface area (Å²) in [5, 5.41) is 2.01. The quantitative estimate of drug-likeness (QED) is 0.538. The fraction of sp³-hybridized carbons (Fsp3) is 0. The third-order valence-electron chi connectivity index (χ3n) is 1.51. The summed E-state index contributed by atoms with van der Waals surface area (Å²) in [6.45, 7) is 0. The molecule has 2 rings (SSSR count). The molecule has 2 heterocycles. The number of H-pyrrole nitrogens is 1. The molecular weight excluding hydrogens is 211 g/mol. The Balaban J connectivity index is 0.000000845. The van der Waals surface area contributed by atoms with Crippen LogP contribution in [0, 0.1) is 3.95 Å². The smallest absolute Gasteiger partial charge is 1.00 e. The van der Waals surface area contributed by atoms with E-state index in [1.165, 1.54) is 11.3 Å². The molecule has 0 fully saturated rings. The first-order valence-electron chi connectivity index (χ1n) is 3.44. The van der Waals surface area contributed by atoms with Crippen molar-refractivity contribution in [2.24, 2.45) is 0 Å². The number of nitrogens with zero attached hydrogens (tertiary/aromatic N) is 1. The van der Waals surface area contributed by atoms with Crippen LogP contribution in [-0.4, -0.2) is 9.97 Å². The molecule has 5 heteroatoms. The molecule has 0 amide bonds. The Morgan fingerprint density at radius 1 is 1.38 bits per heavy atom. The molecule has 13 heavy (non-hydrogen) atoms. The molecule has 2 aromatic heterocycles. The zero-order valence-electron chi connectivity index (χ0n) is 8.15. The van der Waals surface area contributed by atoms with Gasteiger partial charge in [-0.2, -0.15) is 0 Å². The van der Waals surface area contributed by atoms with E-state index in [0.29, 0.717) is 0 Å². The van der Waals surface area contributed by atoms with Gasteiger partial charge in [0.25, 0.3) is 0 Å². The van der Waals surface area contributed by atoms with E-state index in [-0.39, 0.29) is 31.0 Å². The number of rotatable bonds is 1. The van der Waals surface area contributed by atoms with Gasteiger partial charge in [-0.3, -0.25) is 4.98 Å². The van der Waals surface area contributed by atoms with Crippen LogP contribution in [0.25, 0.3) is 11.3 Å². The molecule has 2 nitrogen and oxygen atoms in total. The topological polar surface area (TPSA) is 28.7 Å². The van der Waals surface area contributed by atoms with Gasteiger partial charge < -0.3 is 6.41 Å². The Hall–Kier alpha value is -0.000000000000000222. The van der Waals surface area contributed by atoms with E-state index in [1.54, 1.807) is 12.4 Å². The minimum absolute atomic E-state index is 0. The fourth-order valence-electron chi connectivity index (χ4n) is 0.953. The van der Waals surface area contributed by atoms with Crippen molar-refractivity contribution in [3.63, 3.8) is 0 Å². The van der Waals surface area contributed by atoms with E-state index < -0.39 is 0 Å². The van der Waals surface area contributed by atoms with Crippen molar-refractivity contribution in [1.29, 1.82) is 0 Å². The maximum Gasteiger partial charge on any atom is 1.00 e. The molecule has 0 spiro atoms. The van der Waals surface area contributed by atoms with E-state index in [0.717, 1.165) is 15.2 Å². The average Bonchev–Trinajstić information content (AvgIpc) is 2.54. The van der Waals surface area contributed by atoms with Crippen LogP contribution in [-0.2, 0) is 0 Å². The van der Waals surface area contributed by atoms with Crippen molar-refractivity contribution in [2.45, 2.75) is 0 Å². The number of aromatic nitrogens is 2. The fourth-order valence-corrected chi connectivity index (χ4v) is 1.80. The monoisotopic (exact) mass is 218 g/mol. The zero-order valence-corrected chi connectivity index (χ0v) is 10.8. The molecule has 1 N–H and O–H groups in total. The van der Waals surface area contributed by atoms with Crippen LogP contribution in [0.3, 0.4) is 0 Å². The van der Waals surface area contributed by atoms with Crippen molar-refractivity contribution in [3.8, 4) is 11.3 Å². The van der Waals surface area contributed by atoms with Gasteiger partial charge in [0.05, 0.1) is 5.69 Å². The molecule has 0 atom stereocenters. The first-order chi connectivity index (χ1) is 5.86. The Morgan fingerprint density at radius 2 is 2.08 bits per heavy atom. The van der Waals surface area contributed by atoms with Crippen LogP contribution in [0.2, 0.25) is 0 Å². The van der Waals surface area contributed by atoms with Gasteiger partial charge in [-0.1, -0.05) is 0 Å². The maximum absolute atomic E-state index is 4.98. The Bertz CT molecular complexity index is 426. The number of nitrogens with one attached hydrogen (secondary N) is 1. The Morgan fingerprint density at radius 3 is 2.62 bits per heavy atom. The SMILES string of the molecule is S=c1[nH]c(-c2ccncc2)cs1.[H-].[Na+]. The van der Waals surface area contributed by atoms with E-state index in [2.05, 4.69) is 9.97 Å². The third kappa shape index (κ3) is 2.72. The molecule has 0 bridgehead atoms. The van der Waals surface area contributed by atoms with E-state index in [1.807, 2.05) is 17.5 Å². The van der Waals surface area contributed by atoms with Crippen molar-refractivity contribution in [1.82, 2.24) is 9.97 Å². The van der Waals surface area contributed by atoms with Gasteiger partial charge in [-0.15, -0.1) is 11.3 Å². The van der Waals surface area contributed by atoms with Gasteiger partial charge >= 0.3 is 29.6 Å². The summed E-state index contributed by atoms with van der Waals surface area (Å²) in [6.07, 6.45) is 3.54. The molecule has 0 aliphatic heterocycles. The summed E-state index contributed by atoms with van der Waals surface area (Å²) in [5.74, 6) is 0. The second kappa shape index (κ2) is 5.02. The first-order valence-corrected chi connectivity index (χ1v) is 4.73. The van der Waals surface area contributed by atoms with E-state index >= 15 is 0 Å². The molecule has 2 aromatic rings. The van der Waals surface area contributed by atoms with Crippen LogP contribution in [0.15, 0.2) is 29.9 Å². The summed E-state index contributed by atoms with van der Waals surface area (Å²) in [5.41, 5.74) is 2.18. The van der Waals surface area contributed by atoms with Crippen LogP contribution >= 0.6 is 23.6 Å². The number of pyridine rings is 1. The van der Waals surface area contributed by atoms with Crippen LogP contribution in [0.4, 0.5) is 0 Å². The molecule has 0 radical (unpaired) electrons. The van der Waals surface area contributed by atoms with Gasteiger partial charge in [0, 0.05) is 23.3 Å². The van der Waals surface area contributed by atoms with Crippen molar-refractivity contribution in [3.05, 3.63) is 33.9 Å². The summed E-state index contributed by atoms with van der Waals surface area (Å²) in [7, 11) is 0. The predicted molar refractivity (Wildman–Crippen MR) is 53.8 cm³/mol. The van der Waals surface area contributed by atoms with Crippen LogP contribution < -0.4 is 29.6 Å². The minimum Gasteiger partial charge on any atom is -1.00 e. The second-order valence-electron chi connectivity index (χ2n) is 2.30. The van der Waals surface area contributed by atoms with Crippen LogP contribution in [0.5, 0.6) is 0 Å². The van der Waals surface area contributed by atoms with Crippen LogP contribution in [0.1, 0.15) is 1.43 Å². The molecule has 62 valence electrons. The largest absolute Gasteiger partial charge is 1.00 e. The summed E-state index contributed by atoms with van der Waals surface area (Å²) < 4.78 is 0.807. The molecule has 0 aliphatic carbocycles. The Kier molecular flexibility index (Phi) is 4.28. The van der Waals surface area contributed by atoms with Crippen molar-refractivity contribution in [2.75, 3.05) is 0 Å². The summed E-state index contributed by atoms with van der Waals surface area (Å²) >= 11 is 6.52. The second-order valence-corrected chi connectivity index (χ2v) is 3.84. The van der Waals surface area contributed by atoms with E-state index in [9.17, 15) is 0 Å². The summed E-state index contributed by atoms with van der Waals surface area (Å²) in [4.78, 5) is 7.04. The normalized spacial score (nSPS) is 9.23. The Labute approximate surface area is 109 Å². The molecule has 0 saturated heterocycles. The maximum atomic E-state index is 4.98. The number of aromatic amines is 1. The van der Waals surface area contributed by atoms with Crippen molar-refractivity contribution >= 4 is 23.6 Å². The van der Waals surface area contributed by atoms with Gasteiger partial charge in [0.15, 0.2) is 3.95 Å². The molecule has 0 aromatic carbocycles. The average molecular weight is 218 g/mol. The first kappa shape index (κ1) is 11.1. The third-order valence-corrected chi connectivity index (χ3v) is 2.57. The predicted octanol–water partition coefficient (Wildman–Crippen LogP) is -0.0158. The van der Waals surface area contributed by atoms with E-state index in [4.69, 9.17) is 12.2 Å². The number of hydrogen-bond donors (Lipinski definition) is 1. The van der Waals surface area contributed by atoms with Gasteiger partial charge in [0.1, 0.15) is 0 Å². The summed E-state index contributed by atoms with van der Waals surface area (Å²) in [6, 6.07) is 3.90. The number of thiazole rings is 1. The standard InChI is InChI=1S/C8H6N2S2.Na.H/c11-8-10-7(5-12-8)6-1-3-9-4-2-6;;/h1-5H,(H,10,11);;/q;+1;-1. The molecule has 0 aliphatic rings. The van der Waals surface area contributed by atoms with Gasteiger partial charge in [0.2, 0.25) is 0 Å².